The van der Waals surface area contributed by atoms with E-state index in [1.807, 2.05) is 4.90 Å². The Morgan fingerprint density at radius 1 is 1.62 bits per heavy atom. The third kappa shape index (κ3) is 2.40. The van der Waals surface area contributed by atoms with Crippen LogP contribution in [0.25, 0.3) is 0 Å². The summed E-state index contributed by atoms with van der Waals surface area (Å²) in [4.78, 5) is 14.1. The largest absolute Gasteiger partial charge is 0.452 e. The second kappa shape index (κ2) is 4.50. The first kappa shape index (κ1) is 11.5. The van der Waals surface area contributed by atoms with Crippen molar-refractivity contribution in [1.82, 2.24) is 4.90 Å². The number of carbonyl (C=O) groups is 1. The van der Waals surface area contributed by atoms with Crippen molar-refractivity contribution < 1.29 is 9.21 Å². The van der Waals surface area contributed by atoms with E-state index in [2.05, 4.69) is 13.8 Å². The number of rotatable bonds is 4. The van der Waals surface area contributed by atoms with Crippen molar-refractivity contribution in [1.29, 1.82) is 0 Å². The van der Waals surface area contributed by atoms with E-state index in [-0.39, 0.29) is 11.1 Å². The fourth-order valence-corrected chi connectivity index (χ4v) is 1.97. The van der Waals surface area contributed by atoms with Crippen molar-refractivity contribution in [2.45, 2.75) is 32.7 Å². The summed E-state index contributed by atoms with van der Waals surface area (Å²) >= 11 is 5.83. The minimum absolute atomic E-state index is 0.00468. The highest BCUT2D eigenvalue weighted by Crippen LogP contribution is 2.30. The van der Waals surface area contributed by atoms with Gasteiger partial charge >= 0.3 is 0 Å². The molecule has 0 atom stereocenters. The van der Waals surface area contributed by atoms with E-state index in [9.17, 15) is 4.79 Å². The van der Waals surface area contributed by atoms with Crippen molar-refractivity contribution in [3.8, 4) is 0 Å². The van der Waals surface area contributed by atoms with E-state index < -0.39 is 0 Å². The Labute approximate surface area is 100 Å². The van der Waals surface area contributed by atoms with Gasteiger partial charge in [-0.25, -0.2) is 0 Å². The molecule has 1 fully saturated rings. The van der Waals surface area contributed by atoms with Crippen LogP contribution < -0.4 is 0 Å². The van der Waals surface area contributed by atoms with Gasteiger partial charge in [-0.2, -0.15) is 0 Å². The monoisotopic (exact) mass is 241 g/mol. The summed E-state index contributed by atoms with van der Waals surface area (Å²) in [6.45, 7) is 5.00. The fourth-order valence-electron chi connectivity index (χ4n) is 1.78. The summed E-state index contributed by atoms with van der Waals surface area (Å²) in [5.41, 5.74) is 0.481. The Kier molecular flexibility index (Phi) is 3.24. The summed E-state index contributed by atoms with van der Waals surface area (Å²) in [6, 6.07) is 2.04. The van der Waals surface area contributed by atoms with Crippen LogP contribution in [0, 0.1) is 5.92 Å². The lowest BCUT2D eigenvalue weighted by molar-refractivity contribution is 0.0722. The van der Waals surface area contributed by atoms with Crippen molar-refractivity contribution in [3.05, 3.63) is 23.1 Å². The molecule has 2 rings (SSSR count). The number of hydrogen-bond donors (Lipinski definition) is 0. The van der Waals surface area contributed by atoms with Crippen LogP contribution >= 0.6 is 11.6 Å². The normalized spacial score (nSPS) is 15.5. The molecule has 0 spiro atoms. The zero-order valence-electron chi connectivity index (χ0n) is 9.57. The van der Waals surface area contributed by atoms with Crippen molar-refractivity contribution in [3.63, 3.8) is 0 Å². The van der Waals surface area contributed by atoms with Crippen molar-refractivity contribution in [2.24, 2.45) is 5.92 Å². The fraction of sp³-hybridized carbons (Fsp3) is 0.583. The maximum atomic E-state index is 12.2. The van der Waals surface area contributed by atoms with Crippen LogP contribution in [-0.4, -0.2) is 23.4 Å². The number of furan rings is 1. The van der Waals surface area contributed by atoms with Gasteiger partial charge in [-0.1, -0.05) is 13.8 Å². The van der Waals surface area contributed by atoms with E-state index >= 15 is 0 Å². The molecule has 0 saturated heterocycles. The predicted octanol–water partition coefficient (Wildman–Crippen LogP) is 3.19. The van der Waals surface area contributed by atoms with Crippen molar-refractivity contribution >= 4 is 17.5 Å². The van der Waals surface area contributed by atoms with Gasteiger partial charge in [-0.15, -0.1) is 0 Å². The third-order valence-electron chi connectivity index (χ3n) is 2.66. The number of nitrogens with zero attached hydrogens (tertiary/aromatic N) is 1. The quantitative estimate of drug-likeness (QED) is 0.811. The average Bonchev–Trinajstić information content (AvgIpc) is 2.97. The van der Waals surface area contributed by atoms with E-state index in [0.717, 1.165) is 19.4 Å². The molecule has 3 nitrogen and oxygen atoms in total. The average molecular weight is 242 g/mol. The molecule has 0 bridgehead atoms. The molecule has 0 unspecified atom stereocenters. The SMILES string of the molecule is CC(C)CN(C(=O)c1ccoc1Cl)C1CC1. The van der Waals surface area contributed by atoms with Gasteiger partial charge in [0, 0.05) is 12.6 Å². The number of halogens is 1. The van der Waals surface area contributed by atoms with Gasteiger partial charge in [-0.05, 0) is 36.4 Å². The van der Waals surface area contributed by atoms with E-state index in [4.69, 9.17) is 16.0 Å². The molecule has 4 heteroatoms. The Morgan fingerprint density at radius 3 is 2.75 bits per heavy atom. The van der Waals surface area contributed by atoms with Gasteiger partial charge in [0.15, 0.2) is 0 Å². The molecular weight excluding hydrogens is 226 g/mol. The van der Waals surface area contributed by atoms with E-state index in [1.165, 1.54) is 6.26 Å². The zero-order valence-corrected chi connectivity index (χ0v) is 10.3. The molecule has 1 aliphatic rings. The molecule has 0 radical (unpaired) electrons. The van der Waals surface area contributed by atoms with E-state index in [0.29, 0.717) is 17.5 Å². The first-order valence-electron chi connectivity index (χ1n) is 5.63. The first-order valence-corrected chi connectivity index (χ1v) is 6.01. The van der Waals surface area contributed by atoms with Crippen LogP contribution in [0.5, 0.6) is 0 Å². The summed E-state index contributed by atoms with van der Waals surface area (Å²) in [5.74, 6) is 0.463. The van der Waals surface area contributed by atoms with Gasteiger partial charge in [0.2, 0.25) is 5.22 Å². The molecule has 1 aliphatic carbocycles. The summed E-state index contributed by atoms with van der Waals surface area (Å²) in [6.07, 6.45) is 3.66. The summed E-state index contributed by atoms with van der Waals surface area (Å²) in [7, 11) is 0. The molecule has 1 saturated carbocycles. The number of amides is 1. The molecule has 1 amide bonds. The minimum Gasteiger partial charge on any atom is -0.452 e. The lowest BCUT2D eigenvalue weighted by atomic mass is 10.2. The molecule has 88 valence electrons. The molecule has 0 aliphatic heterocycles. The second-order valence-corrected chi connectivity index (χ2v) is 5.03. The van der Waals surface area contributed by atoms with Crippen LogP contribution in [0.1, 0.15) is 37.0 Å². The molecule has 0 aromatic carbocycles. The Balaban J connectivity index is 2.14. The summed E-state index contributed by atoms with van der Waals surface area (Å²) in [5, 5.41) is 0.194. The molecule has 1 heterocycles. The third-order valence-corrected chi connectivity index (χ3v) is 2.95. The van der Waals surface area contributed by atoms with Crippen molar-refractivity contribution in [2.75, 3.05) is 6.54 Å². The number of hydrogen-bond acceptors (Lipinski definition) is 2. The maximum Gasteiger partial charge on any atom is 0.258 e. The predicted molar refractivity (Wildman–Crippen MR) is 62.6 cm³/mol. The molecule has 1 aromatic heterocycles. The molecule has 16 heavy (non-hydrogen) atoms. The van der Waals surface area contributed by atoms with Gasteiger partial charge in [-0.3, -0.25) is 4.79 Å². The van der Waals surface area contributed by atoms with Gasteiger partial charge in [0.05, 0.1) is 11.8 Å². The first-order chi connectivity index (χ1) is 7.59. The van der Waals surface area contributed by atoms with Crippen LogP contribution in [0.15, 0.2) is 16.7 Å². The summed E-state index contributed by atoms with van der Waals surface area (Å²) < 4.78 is 4.96. The van der Waals surface area contributed by atoms with Crippen LogP contribution in [0.3, 0.4) is 0 Å². The maximum absolute atomic E-state index is 12.2. The lowest BCUT2D eigenvalue weighted by Crippen LogP contribution is -2.36. The second-order valence-electron chi connectivity index (χ2n) is 4.69. The topological polar surface area (TPSA) is 33.5 Å². The minimum atomic E-state index is -0.00468. The smallest absolute Gasteiger partial charge is 0.258 e. The standard InChI is InChI=1S/C12H16ClNO2/c1-8(2)7-14(9-3-4-9)12(15)10-5-6-16-11(10)13/h5-6,8-9H,3-4,7H2,1-2H3. The Hall–Kier alpha value is -0.960. The van der Waals surface area contributed by atoms with Crippen LogP contribution in [0.4, 0.5) is 0 Å². The Bertz CT molecular complexity index is 382. The molecule has 0 N–H and O–H groups in total. The van der Waals surface area contributed by atoms with E-state index in [1.54, 1.807) is 6.07 Å². The van der Waals surface area contributed by atoms with Gasteiger partial charge in [0.1, 0.15) is 0 Å². The Morgan fingerprint density at radius 2 is 2.31 bits per heavy atom. The van der Waals surface area contributed by atoms with Gasteiger partial charge < -0.3 is 9.32 Å². The number of carbonyl (C=O) groups excluding carboxylic acids is 1. The van der Waals surface area contributed by atoms with Crippen LogP contribution in [0.2, 0.25) is 5.22 Å². The zero-order chi connectivity index (χ0) is 11.7. The highest BCUT2D eigenvalue weighted by molar-refractivity contribution is 6.32. The van der Waals surface area contributed by atoms with Crippen LogP contribution in [-0.2, 0) is 0 Å². The molecular formula is C12H16ClNO2. The highest BCUT2D eigenvalue weighted by Gasteiger charge is 2.34. The highest BCUT2D eigenvalue weighted by atomic mass is 35.5. The lowest BCUT2D eigenvalue weighted by Gasteiger charge is -2.23. The molecule has 1 aromatic rings. The van der Waals surface area contributed by atoms with Gasteiger partial charge in [0.25, 0.3) is 5.91 Å².